The molecule has 4 aromatic rings. The van der Waals surface area contributed by atoms with Crippen molar-refractivity contribution in [2.24, 2.45) is 17.1 Å². The Bertz CT molecular complexity index is 1300. The van der Waals surface area contributed by atoms with Crippen LogP contribution in [0, 0.1) is 11.3 Å². The van der Waals surface area contributed by atoms with Gasteiger partial charge in [-0.1, -0.05) is 51.1 Å². The Labute approximate surface area is 193 Å². The Morgan fingerprint density at radius 2 is 1.91 bits per heavy atom. The molecule has 1 saturated carbocycles. The van der Waals surface area contributed by atoms with E-state index in [0.29, 0.717) is 18.0 Å². The number of carbonyl (C=O) groups excluding carboxylic acids is 1. The Hall–Kier alpha value is -3.61. The molecule has 0 radical (unpaired) electrons. The number of nitrogens with zero attached hydrogens (tertiary/aromatic N) is 4. The lowest BCUT2D eigenvalue weighted by molar-refractivity contribution is 0.100. The Morgan fingerprint density at radius 1 is 1.12 bits per heavy atom. The summed E-state index contributed by atoms with van der Waals surface area (Å²) in [6.45, 7) is 7.58. The monoisotopic (exact) mass is 442 g/mol. The molecule has 7 nitrogen and oxygen atoms in total. The van der Waals surface area contributed by atoms with Crippen LogP contribution in [0.4, 0.5) is 5.69 Å². The van der Waals surface area contributed by atoms with E-state index in [4.69, 9.17) is 5.73 Å². The number of fused-ring (bicyclic) bond motifs is 1. The van der Waals surface area contributed by atoms with Crippen LogP contribution in [0.2, 0.25) is 0 Å². The van der Waals surface area contributed by atoms with E-state index in [1.165, 1.54) is 5.56 Å². The predicted octanol–water partition coefficient (Wildman–Crippen LogP) is 4.58. The summed E-state index contributed by atoms with van der Waals surface area (Å²) >= 11 is 0. The van der Waals surface area contributed by atoms with E-state index in [1.807, 2.05) is 46.0 Å². The molecule has 2 atom stereocenters. The first-order valence-corrected chi connectivity index (χ1v) is 11.5. The van der Waals surface area contributed by atoms with E-state index >= 15 is 0 Å². The number of rotatable bonds is 6. The highest BCUT2D eigenvalue weighted by Crippen LogP contribution is 2.44. The van der Waals surface area contributed by atoms with Gasteiger partial charge in [-0.2, -0.15) is 10.2 Å². The molecule has 33 heavy (non-hydrogen) atoms. The molecule has 3 N–H and O–H groups in total. The van der Waals surface area contributed by atoms with Gasteiger partial charge in [0.25, 0.3) is 5.91 Å². The summed E-state index contributed by atoms with van der Waals surface area (Å²) < 4.78 is 3.74. The molecule has 7 heteroatoms. The van der Waals surface area contributed by atoms with Gasteiger partial charge in [-0.3, -0.25) is 9.48 Å². The molecular formula is C26H30N6O. The number of hydrogen-bond donors (Lipinski definition) is 2. The summed E-state index contributed by atoms with van der Waals surface area (Å²) in [7, 11) is 0. The number of anilines is 1. The summed E-state index contributed by atoms with van der Waals surface area (Å²) in [6.07, 6.45) is 9.64. The highest BCUT2D eigenvalue weighted by atomic mass is 16.1. The zero-order valence-electron chi connectivity index (χ0n) is 19.3. The molecule has 170 valence electrons. The number of carbonyl (C=O) groups is 1. The fourth-order valence-electron chi connectivity index (χ4n) is 4.86. The van der Waals surface area contributed by atoms with Gasteiger partial charge in [0.15, 0.2) is 0 Å². The minimum absolute atomic E-state index is 0.114. The largest absolute Gasteiger partial charge is 0.379 e. The predicted molar refractivity (Wildman–Crippen MR) is 130 cm³/mol. The second-order valence-corrected chi connectivity index (χ2v) is 9.76. The number of primary amides is 1. The van der Waals surface area contributed by atoms with Crippen molar-refractivity contribution in [1.82, 2.24) is 19.4 Å². The van der Waals surface area contributed by atoms with Crippen molar-refractivity contribution in [3.63, 3.8) is 0 Å². The first-order valence-electron chi connectivity index (χ1n) is 11.5. The average molecular weight is 443 g/mol. The van der Waals surface area contributed by atoms with Crippen molar-refractivity contribution in [2.45, 2.75) is 46.2 Å². The SMILES string of the molecule is CC1CC[C@@H](Nc2c(C(N)=O)cnn3cc(-c4cnn(Cc5ccccc5)c4)cc23)C1(C)C. The fraction of sp³-hybridized carbons (Fsp3) is 0.346. The lowest BCUT2D eigenvalue weighted by atomic mass is 9.80. The smallest absolute Gasteiger partial charge is 0.252 e. The molecule has 0 spiro atoms. The van der Waals surface area contributed by atoms with Gasteiger partial charge >= 0.3 is 0 Å². The summed E-state index contributed by atoms with van der Waals surface area (Å²) in [5.74, 6) is 0.123. The van der Waals surface area contributed by atoms with Crippen LogP contribution in [0.3, 0.4) is 0 Å². The van der Waals surface area contributed by atoms with Crippen LogP contribution in [0.1, 0.15) is 49.5 Å². The van der Waals surface area contributed by atoms with E-state index in [-0.39, 0.29) is 11.5 Å². The third-order valence-electron chi connectivity index (χ3n) is 7.43. The summed E-state index contributed by atoms with van der Waals surface area (Å²) in [6, 6.07) is 12.6. The highest BCUT2D eigenvalue weighted by molar-refractivity contribution is 6.02. The normalized spacial score (nSPS) is 19.7. The second-order valence-electron chi connectivity index (χ2n) is 9.76. The zero-order valence-corrected chi connectivity index (χ0v) is 19.3. The van der Waals surface area contributed by atoms with Crippen molar-refractivity contribution < 1.29 is 4.79 Å². The van der Waals surface area contributed by atoms with E-state index < -0.39 is 5.91 Å². The minimum Gasteiger partial charge on any atom is -0.379 e. The molecule has 1 amide bonds. The number of nitrogens with one attached hydrogen (secondary N) is 1. The molecule has 0 saturated heterocycles. The number of benzene rings is 1. The molecule has 0 bridgehead atoms. The molecule has 1 aliphatic carbocycles. The van der Waals surface area contributed by atoms with Gasteiger partial charge in [0, 0.05) is 29.6 Å². The number of hydrogen-bond acceptors (Lipinski definition) is 4. The van der Waals surface area contributed by atoms with Crippen LogP contribution in [-0.4, -0.2) is 31.3 Å². The fourth-order valence-corrected chi connectivity index (χ4v) is 4.86. The van der Waals surface area contributed by atoms with Crippen molar-refractivity contribution in [3.8, 4) is 11.1 Å². The van der Waals surface area contributed by atoms with Gasteiger partial charge in [-0.15, -0.1) is 0 Å². The van der Waals surface area contributed by atoms with E-state index in [1.54, 1.807) is 6.20 Å². The zero-order chi connectivity index (χ0) is 23.2. The number of aromatic nitrogens is 4. The average Bonchev–Trinajstić information content (AvgIpc) is 3.48. The van der Waals surface area contributed by atoms with Crippen molar-refractivity contribution in [1.29, 1.82) is 0 Å². The van der Waals surface area contributed by atoms with Gasteiger partial charge in [-0.05, 0) is 35.8 Å². The van der Waals surface area contributed by atoms with Gasteiger partial charge < -0.3 is 11.1 Å². The number of nitrogens with two attached hydrogens (primary N) is 1. The molecule has 3 aromatic heterocycles. The molecule has 0 aliphatic heterocycles. The maximum Gasteiger partial charge on any atom is 0.252 e. The van der Waals surface area contributed by atoms with E-state index in [9.17, 15) is 4.79 Å². The number of amides is 1. The van der Waals surface area contributed by atoms with Gasteiger partial charge in [-0.25, -0.2) is 4.52 Å². The molecule has 1 aromatic carbocycles. The summed E-state index contributed by atoms with van der Waals surface area (Å²) in [5.41, 5.74) is 11.0. The molecular weight excluding hydrogens is 412 g/mol. The summed E-state index contributed by atoms with van der Waals surface area (Å²) in [4.78, 5) is 12.2. The lowest BCUT2D eigenvalue weighted by Crippen LogP contribution is -2.35. The molecule has 1 unspecified atom stereocenters. The molecule has 1 aliphatic rings. The standard InChI is InChI=1S/C26H30N6O/c1-17-9-10-23(26(17,2)3)30-24-21(25(27)33)13-29-32-16-19(11-22(24)32)20-12-28-31(15-20)14-18-7-5-4-6-8-18/h4-8,11-13,15-17,23,30H,9-10,14H2,1-3H3,(H2,27,33)/t17?,23-/m1/s1. The van der Waals surface area contributed by atoms with Crippen LogP contribution in [-0.2, 0) is 6.54 Å². The molecule has 1 fully saturated rings. The van der Waals surface area contributed by atoms with Gasteiger partial charge in [0.05, 0.1) is 35.7 Å². The van der Waals surface area contributed by atoms with Crippen molar-refractivity contribution in [3.05, 3.63) is 72.3 Å². The van der Waals surface area contributed by atoms with Crippen LogP contribution in [0.15, 0.2) is 61.2 Å². The molecule has 5 rings (SSSR count). The third-order valence-corrected chi connectivity index (χ3v) is 7.43. The Morgan fingerprint density at radius 3 is 2.61 bits per heavy atom. The van der Waals surface area contributed by atoms with Crippen molar-refractivity contribution >= 4 is 17.1 Å². The Kier molecular flexibility index (Phi) is 5.19. The quantitative estimate of drug-likeness (QED) is 0.457. The lowest BCUT2D eigenvalue weighted by Gasteiger charge is -2.33. The minimum atomic E-state index is -0.477. The molecule has 3 heterocycles. The van der Waals surface area contributed by atoms with Gasteiger partial charge in [0.2, 0.25) is 0 Å². The maximum absolute atomic E-state index is 12.2. The van der Waals surface area contributed by atoms with E-state index in [2.05, 4.69) is 54.5 Å². The highest BCUT2D eigenvalue weighted by Gasteiger charge is 2.41. The van der Waals surface area contributed by atoms with Crippen LogP contribution >= 0.6 is 0 Å². The van der Waals surface area contributed by atoms with E-state index in [0.717, 1.165) is 35.2 Å². The van der Waals surface area contributed by atoms with Crippen LogP contribution in [0.5, 0.6) is 0 Å². The first kappa shape index (κ1) is 21.2. The summed E-state index contributed by atoms with van der Waals surface area (Å²) in [5, 5.41) is 12.7. The van der Waals surface area contributed by atoms with Crippen LogP contribution < -0.4 is 11.1 Å². The van der Waals surface area contributed by atoms with Crippen molar-refractivity contribution in [2.75, 3.05) is 5.32 Å². The maximum atomic E-state index is 12.2. The Balaban J connectivity index is 1.50. The van der Waals surface area contributed by atoms with Crippen LogP contribution in [0.25, 0.3) is 16.6 Å². The second kappa shape index (κ2) is 8.06. The first-order chi connectivity index (χ1) is 15.8. The third kappa shape index (κ3) is 3.88. The van der Waals surface area contributed by atoms with Gasteiger partial charge in [0.1, 0.15) is 0 Å². The topological polar surface area (TPSA) is 90.2 Å².